The molecule has 0 aliphatic carbocycles. The summed E-state index contributed by atoms with van der Waals surface area (Å²) in [4.78, 5) is 17.2. The number of rotatable bonds is 8. The molecule has 1 aliphatic rings. The van der Waals surface area contributed by atoms with E-state index in [1.165, 1.54) is 11.3 Å². The molecule has 0 N–H and O–H groups in total. The fraction of sp³-hybridized carbons (Fsp3) is 0.333. The van der Waals surface area contributed by atoms with E-state index in [0.29, 0.717) is 28.7 Å². The highest BCUT2D eigenvalue weighted by atomic mass is 32.2. The Morgan fingerprint density at radius 2 is 1.84 bits per heavy atom. The summed E-state index contributed by atoms with van der Waals surface area (Å²) in [6, 6.07) is 14.4. The lowest BCUT2D eigenvalue weighted by molar-refractivity contribution is -0.120. The third-order valence-corrected chi connectivity index (χ3v) is 8.15. The molecule has 2 heterocycles. The number of benzene rings is 2. The Labute approximate surface area is 192 Å². The molecule has 0 unspecified atom stereocenters. The van der Waals surface area contributed by atoms with E-state index in [1.54, 1.807) is 28.6 Å². The second kappa shape index (κ2) is 9.94. The van der Waals surface area contributed by atoms with Gasteiger partial charge in [0.15, 0.2) is 5.78 Å². The Morgan fingerprint density at radius 1 is 1.09 bits per heavy atom. The number of hydrogen-bond acceptors (Lipinski definition) is 6. The predicted molar refractivity (Wildman–Crippen MR) is 126 cm³/mol. The number of aromatic nitrogens is 1. The summed E-state index contributed by atoms with van der Waals surface area (Å²) in [5, 5.41) is 2.60. The summed E-state index contributed by atoms with van der Waals surface area (Å²) in [6.07, 6.45) is 3.11. The van der Waals surface area contributed by atoms with Gasteiger partial charge in [-0.1, -0.05) is 30.7 Å². The van der Waals surface area contributed by atoms with Crippen LogP contribution >= 0.6 is 11.3 Å². The quantitative estimate of drug-likeness (QED) is 0.485. The molecule has 0 atom stereocenters. The van der Waals surface area contributed by atoms with Gasteiger partial charge in [-0.3, -0.25) is 4.79 Å². The fourth-order valence-electron chi connectivity index (χ4n) is 3.67. The van der Waals surface area contributed by atoms with Crippen molar-refractivity contribution in [2.75, 3.05) is 19.7 Å². The Hall–Kier alpha value is -2.55. The van der Waals surface area contributed by atoms with Crippen LogP contribution in [0, 0.1) is 6.92 Å². The van der Waals surface area contributed by atoms with Gasteiger partial charge in [0, 0.05) is 24.0 Å². The van der Waals surface area contributed by atoms with Crippen molar-refractivity contribution >= 4 is 27.1 Å². The maximum atomic E-state index is 12.8. The van der Waals surface area contributed by atoms with Crippen LogP contribution < -0.4 is 4.74 Å². The Bertz CT molecular complexity index is 1180. The second-order valence-electron chi connectivity index (χ2n) is 7.94. The van der Waals surface area contributed by atoms with E-state index < -0.39 is 10.0 Å². The van der Waals surface area contributed by atoms with Crippen LogP contribution in [0.2, 0.25) is 0 Å². The molecule has 0 radical (unpaired) electrons. The monoisotopic (exact) mass is 470 g/mol. The molecular formula is C24H26N2O4S2. The molecule has 0 amide bonds. The molecule has 1 saturated heterocycles. The zero-order chi connectivity index (χ0) is 22.6. The summed E-state index contributed by atoms with van der Waals surface area (Å²) in [6.45, 7) is 3.14. The molecule has 0 saturated carbocycles. The first-order valence-corrected chi connectivity index (χ1v) is 13.0. The van der Waals surface area contributed by atoms with E-state index in [1.807, 2.05) is 36.6 Å². The molecule has 0 bridgehead atoms. The first-order chi connectivity index (χ1) is 15.4. The average Bonchev–Trinajstić information content (AvgIpc) is 3.27. The predicted octanol–water partition coefficient (Wildman–Crippen LogP) is 4.48. The highest BCUT2D eigenvalue weighted by Crippen LogP contribution is 2.26. The van der Waals surface area contributed by atoms with Crippen LogP contribution in [0.5, 0.6) is 5.75 Å². The summed E-state index contributed by atoms with van der Waals surface area (Å²) < 4.78 is 32.8. The largest absolute Gasteiger partial charge is 0.486 e. The van der Waals surface area contributed by atoms with Crippen LogP contribution in [0.4, 0.5) is 0 Å². The summed E-state index contributed by atoms with van der Waals surface area (Å²) in [7, 11) is -3.45. The van der Waals surface area contributed by atoms with Crippen molar-refractivity contribution in [2.45, 2.75) is 37.5 Å². The van der Waals surface area contributed by atoms with Crippen molar-refractivity contribution in [2.24, 2.45) is 0 Å². The van der Waals surface area contributed by atoms with Crippen LogP contribution in [0.1, 0.15) is 29.8 Å². The van der Waals surface area contributed by atoms with Gasteiger partial charge in [-0.05, 0) is 49.6 Å². The Kier molecular flexibility index (Phi) is 7.03. The van der Waals surface area contributed by atoms with Gasteiger partial charge >= 0.3 is 0 Å². The van der Waals surface area contributed by atoms with Crippen molar-refractivity contribution < 1.29 is 17.9 Å². The van der Waals surface area contributed by atoms with Crippen molar-refractivity contribution in [3.63, 3.8) is 0 Å². The molecular weight excluding hydrogens is 444 g/mol. The molecule has 0 spiro atoms. The molecule has 8 heteroatoms. The van der Waals surface area contributed by atoms with Crippen molar-refractivity contribution in [1.29, 1.82) is 0 Å². The highest BCUT2D eigenvalue weighted by molar-refractivity contribution is 7.89. The lowest BCUT2D eigenvalue weighted by Crippen LogP contribution is -2.35. The minimum atomic E-state index is -3.45. The van der Waals surface area contributed by atoms with E-state index in [-0.39, 0.29) is 18.8 Å². The number of ketones is 1. The van der Waals surface area contributed by atoms with Gasteiger partial charge in [-0.15, -0.1) is 11.3 Å². The van der Waals surface area contributed by atoms with Gasteiger partial charge in [0.1, 0.15) is 17.4 Å². The second-order valence-corrected chi connectivity index (χ2v) is 10.8. The van der Waals surface area contributed by atoms with Gasteiger partial charge in [0.05, 0.1) is 17.0 Å². The normalized spacial score (nSPS) is 14.9. The van der Waals surface area contributed by atoms with Crippen LogP contribution in [0.25, 0.3) is 11.3 Å². The minimum absolute atomic E-state index is 0.00141. The molecule has 168 valence electrons. The smallest absolute Gasteiger partial charge is 0.243 e. The highest BCUT2D eigenvalue weighted by Gasteiger charge is 2.25. The molecule has 2 aromatic carbocycles. The third kappa shape index (κ3) is 5.43. The summed E-state index contributed by atoms with van der Waals surface area (Å²) >= 11 is 1.42. The summed E-state index contributed by atoms with van der Waals surface area (Å²) in [5.41, 5.74) is 2.64. The first-order valence-electron chi connectivity index (χ1n) is 10.7. The fourth-order valence-corrected chi connectivity index (χ4v) is 6.01. The average molecular weight is 471 g/mol. The van der Waals surface area contributed by atoms with Crippen molar-refractivity contribution in [3.05, 3.63) is 64.5 Å². The molecule has 3 aromatic rings. The zero-order valence-electron chi connectivity index (χ0n) is 18.0. The molecule has 1 aliphatic heterocycles. The number of aryl methyl sites for hydroxylation is 1. The van der Waals surface area contributed by atoms with E-state index >= 15 is 0 Å². The van der Waals surface area contributed by atoms with E-state index in [0.717, 1.165) is 36.1 Å². The van der Waals surface area contributed by atoms with E-state index in [9.17, 15) is 13.2 Å². The molecule has 32 heavy (non-hydrogen) atoms. The number of hydrogen-bond donors (Lipinski definition) is 0. The van der Waals surface area contributed by atoms with Gasteiger partial charge < -0.3 is 4.74 Å². The number of carbonyl (C=O) groups excluding carboxylic acids is 1. The Balaban J connectivity index is 1.37. The molecule has 1 aromatic heterocycles. The molecule has 4 rings (SSSR count). The van der Waals surface area contributed by atoms with Gasteiger partial charge in [-0.25, -0.2) is 13.4 Å². The number of piperidine rings is 1. The van der Waals surface area contributed by atoms with Crippen LogP contribution in [-0.2, 0) is 21.2 Å². The Morgan fingerprint density at radius 3 is 2.56 bits per heavy atom. The first kappa shape index (κ1) is 22.6. The third-order valence-electron chi connectivity index (χ3n) is 5.39. The van der Waals surface area contributed by atoms with Crippen LogP contribution in [0.15, 0.2) is 58.8 Å². The number of nitrogens with zero attached hydrogens (tertiary/aromatic N) is 2. The molecule has 1 fully saturated rings. The van der Waals surface area contributed by atoms with Crippen LogP contribution in [0.3, 0.4) is 0 Å². The number of sulfonamides is 1. The maximum Gasteiger partial charge on any atom is 0.243 e. The lowest BCUT2D eigenvalue weighted by Gasteiger charge is -2.25. The number of carbonyl (C=O) groups is 1. The van der Waals surface area contributed by atoms with E-state index in [2.05, 4.69) is 4.98 Å². The van der Waals surface area contributed by atoms with Gasteiger partial charge in [0.25, 0.3) is 0 Å². The van der Waals surface area contributed by atoms with Gasteiger partial charge in [0.2, 0.25) is 10.0 Å². The van der Waals surface area contributed by atoms with Crippen molar-refractivity contribution in [3.8, 4) is 17.0 Å². The molecule has 6 nitrogen and oxygen atoms in total. The lowest BCUT2D eigenvalue weighted by atomic mass is 10.2. The zero-order valence-corrected chi connectivity index (χ0v) is 19.6. The summed E-state index contributed by atoms with van der Waals surface area (Å²) in [5.74, 6) is 0.633. The maximum absolute atomic E-state index is 12.8. The van der Waals surface area contributed by atoms with Crippen molar-refractivity contribution in [1.82, 2.24) is 9.29 Å². The number of Topliss-reactive ketones (excluding diaryl/α,β-unsaturated/α-hetero) is 1. The minimum Gasteiger partial charge on any atom is -0.486 e. The van der Waals surface area contributed by atoms with Gasteiger partial charge in [-0.2, -0.15) is 4.31 Å². The van der Waals surface area contributed by atoms with E-state index in [4.69, 9.17) is 4.74 Å². The SMILES string of the molecule is Cc1cccc(OCC(=O)Cc2nc(-c3ccc(S(=O)(=O)N4CCCCC4)cc3)cs2)c1. The number of ether oxygens (including phenoxy) is 1. The number of thiazole rings is 1. The topological polar surface area (TPSA) is 76.6 Å². The standard InChI is InChI=1S/C24H26N2O4S2/c1-18-6-5-7-21(14-18)30-16-20(27)15-24-25-23(17-31-24)19-8-10-22(11-9-19)32(28,29)26-12-3-2-4-13-26/h5-11,14,17H,2-4,12-13,15-16H2,1H3. The van der Waals surface area contributed by atoms with Crippen LogP contribution in [-0.4, -0.2) is 43.2 Å².